The van der Waals surface area contributed by atoms with Crippen molar-refractivity contribution in [3.8, 4) is 0 Å². The van der Waals surface area contributed by atoms with Gasteiger partial charge in [0.2, 0.25) is 5.91 Å². The Hall–Kier alpha value is -3.67. The number of rotatable bonds is 5. The molecule has 2 aromatic rings. The lowest BCUT2D eigenvalue weighted by molar-refractivity contribution is -0.124. The number of anilines is 1. The van der Waals surface area contributed by atoms with Crippen molar-refractivity contribution in [3.63, 3.8) is 0 Å². The second-order valence-electron chi connectivity index (χ2n) is 9.19. The molecular weight excluding hydrogens is 424 g/mol. The molecule has 3 N–H and O–H groups in total. The highest BCUT2D eigenvalue weighted by Crippen LogP contribution is 2.25. The van der Waals surface area contributed by atoms with Crippen molar-refractivity contribution in [2.24, 2.45) is 10.9 Å². The van der Waals surface area contributed by atoms with Crippen LogP contribution in [-0.4, -0.2) is 29.7 Å². The average molecular weight is 455 g/mol. The molecule has 0 spiro atoms. The minimum atomic E-state index is -0.135. The molecule has 2 atom stereocenters. The Morgan fingerprint density at radius 3 is 2.35 bits per heavy atom. The predicted molar refractivity (Wildman–Crippen MR) is 135 cm³/mol. The number of hydrogen-bond acceptors (Lipinski definition) is 4. The number of amides is 2. The van der Waals surface area contributed by atoms with E-state index in [9.17, 15) is 9.59 Å². The molecule has 2 aromatic carbocycles. The first-order valence-electron chi connectivity index (χ1n) is 12.2. The van der Waals surface area contributed by atoms with Crippen molar-refractivity contribution >= 4 is 23.3 Å². The maximum atomic E-state index is 12.7. The van der Waals surface area contributed by atoms with E-state index in [2.05, 4.69) is 22.0 Å². The molecule has 2 unspecified atom stereocenters. The first kappa shape index (κ1) is 22.1. The number of fused-ring (bicyclic) bond motifs is 1. The van der Waals surface area contributed by atoms with Gasteiger partial charge in [0.25, 0.3) is 5.91 Å². The van der Waals surface area contributed by atoms with Gasteiger partial charge in [-0.1, -0.05) is 50.0 Å². The van der Waals surface area contributed by atoms with Gasteiger partial charge < -0.3 is 16.0 Å². The summed E-state index contributed by atoms with van der Waals surface area (Å²) in [7, 11) is 0. The van der Waals surface area contributed by atoms with Gasteiger partial charge in [0.15, 0.2) is 0 Å². The molecule has 5 rings (SSSR count). The number of aliphatic imine (C=N–C) groups is 1. The molecule has 1 aliphatic heterocycles. The number of amidine groups is 1. The highest BCUT2D eigenvalue weighted by atomic mass is 16.2. The lowest BCUT2D eigenvalue weighted by Crippen LogP contribution is -2.37. The number of carbonyl (C=O) groups excluding carboxylic acids is 2. The Kier molecular flexibility index (Phi) is 6.56. The van der Waals surface area contributed by atoms with Gasteiger partial charge in [0.05, 0.1) is 12.1 Å². The number of benzene rings is 2. The molecular formula is C28H30N4O2. The molecule has 1 saturated carbocycles. The number of nitrogens with zero attached hydrogens (tertiary/aromatic N) is 1. The van der Waals surface area contributed by atoms with Crippen molar-refractivity contribution in [1.82, 2.24) is 10.6 Å². The Bertz CT molecular complexity index is 1130. The van der Waals surface area contributed by atoms with Crippen LogP contribution in [0.2, 0.25) is 0 Å². The number of nitrogens with one attached hydrogen (secondary N) is 3. The second kappa shape index (κ2) is 10.1. The van der Waals surface area contributed by atoms with Crippen molar-refractivity contribution in [2.75, 3.05) is 5.32 Å². The molecule has 2 amide bonds. The van der Waals surface area contributed by atoms with E-state index in [4.69, 9.17) is 4.99 Å². The zero-order chi connectivity index (χ0) is 23.3. The SMILES string of the molecule is O=C(Nc1ccc(C2=NC3C=CC(NC(=O)C4CCCCCC4)=CC3N2)cc1)c1ccccc1. The lowest BCUT2D eigenvalue weighted by Gasteiger charge is -2.20. The molecule has 6 heteroatoms. The largest absolute Gasteiger partial charge is 0.361 e. The zero-order valence-corrected chi connectivity index (χ0v) is 19.2. The molecule has 3 aliphatic rings. The van der Waals surface area contributed by atoms with Crippen LogP contribution in [0, 0.1) is 5.92 Å². The smallest absolute Gasteiger partial charge is 0.255 e. The van der Waals surface area contributed by atoms with Gasteiger partial charge in [-0.3, -0.25) is 14.6 Å². The van der Waals surface area contributed by atoms with E-state index in [1.54, 1.807) is 12.1 Å². The molecule has 174 valence electrons. The Balaban J connectivity index is 1.19. The molecule has 0 bridgehead atoms. The van der Waals surface area contributed by atoms with Gasteiger partial charge in [0, 0.05) is 28.4 Å². The predicted octanol–water partition coefficient (Wildman–Crippen LogP) is 4.57. The average Bonchev–Trinajstić information content (AvgIpc) is 3.09. The van der Waals surface area contributed by atoms with Crippen molar-refractivity contribution in [3.05, 3.63) is 89.6 Å². The third-order valence-electron chi connectivity index (χ3n) is 6.73. The highest BCUT2D eigenvalue weighted by molar-refractivity contribution is 6.05. The van der Waals surface area contributed by atoms with Gasteiger partial charge in [0.1, 0.15) is 5.84 Å². The van der Waals surface area contributed by atoms with E-state index >= 15 is 0 Å². The van der Waals surface area contributed by atoms with E-state index in [0.29, 0.717) is 5.56 Å². The maximum absolute atomic E-state index is 12.7. The van der Waals surface area contributed by atoms with Crippen LogP contribution in [0.4, 0.5) is 5.69 Å². The Morgan fingerprint density at radius 1 is 0.882 bits per heavy atom. The monoisotopic (exact) mass is 454 g/mol. The number of hydrogen-bond donors (Lipinski definition) is 3. The fraction of sp³-hybridized carbons (Fsp3) is 0.321. The van der Waals surface area contributed by atoms with E-state index in [1.165, 1.54) is 12.8 Å². The standard InChI is InChI=1S/C28H30N4O2/c33-27(20-10-6-3-7-11-20)29-22-14-12-19(13-15-22)26-31-24-17-16-23(18-25(24)32-26)30-28(34)21-8-4-1-2-5-9-21/h3,6-7,10-18,21,24-25H,1-2,4-5,8-9H2,(H,29,33)(H,30,34)(H,31,32). The fourth-order valence-corrected chi connectivity index (χ4v) is 4.80. The molecule has 0 aromatic heterocycles. The van der Waals surface area contributed by atoms with Crippen LogP contribution in [0.5, 0.6) is 0 Å². The van der Waals surface area contributed by atoms with Crippen molar-refractivity contribution < 1.29 is 9.59 Å². The van der Waals surface area contributed by atoms with Crippen LogP contribution in [0.1, 0.15) is 54.4 Å². The van der Waals surface area contributed by atoms with Crippen LogP contribution in [0.15, 0.2) is 83.5 Å². The van der Waals surface area contributed by atoms with Crippen LogP contribution in [0.25, 0.3) is 0 Å². The third kappa shape index (κ3) is 5.11. The molecule has 34 heavy (non-hydrogen) atoms. The number of carbonyl (C=O) groups is 2. The molecule has 0 saturated heterocycles. The Labute approximate surface area is 200 Å². The summed E-state index contributed by atoms with van der Waals surface area (Å²) in [5, 5.41) is 9.52. The summed E-state index contributed by atoms with van der Waals surface area (Å²) >= 11 is 0. The highest BCUT2D eigenvalue weighted by Gasteiger charge is 2.29. The van der Waals surface area contributed by atoms with Gasteiger partial charge in [-0.25, -0.2) is 0 Å². The normalized spacial score (nSPS) is 22.0. The third-order valence-corrected chi connectivity index (χ3v) is 6.73. The quantitative estimate of drug-likeness (QED) is 0.579. The van der Waals surface area contributed by atoms with Crippen LogP contribution in [-0.2, 0) is 4.79 Å². The van der Waals surface area contributed by atoms with Crippen molar-refractivity contribution in [2.45, 2.75) is 50.6 Å². The summed E-state index contributed by atoms with van der Waals surface area (Å²) in [4.78, 5) is 29.9. The van der Waals surface area contributed by atoms with E-state index in [0.717, 1.165) is 48.5 Å². The van der Waals surface area contributed by atoms with E-state index < -0.39 is 0 Å². The summed E-state index contributed by atoms with van der Waals surface area (Å²) in [6.45, 7) is 0. The zero-order valence-electron chi connectivity index (χ0n) is 19.2. The Morgan fingerprint density at radius 2 is 1.62 bits per heavy atom. The maximum Gasteiger partial charge on any atom is 0.255 e. The van der Waals surface area contributed by atoms with E-state index in [1.807, 2.05) is 54.6 Å². The molecule has 1 heterocycles. The minimum Gasteiger partial charge on any atom is -0.361 e. The van der Waals surface area contributed by atoms with E-state index in [-0.39, 0.29) is 29.8 Å². The second-order valence-corrected chi connectivity index (χ2v) is 9.19. The summed E-state index contributed by atoms with van der Waals surface area (Å²) in [5.74, 6) is 0.944. The van der Waals surface area contributed by atoms with Crippen LogP contribution < -0.4 is 16.0 Å². The molecule has 2 aliphatic carbocycles. The lowest BCUT2D eigenvalue weighted by atomic mass is 9.98. The first-order valence-corrected chi connectivity index (χ1v) is 12.2. The molecule has 1 fully saturated rings. The summed E-state index contributed by atoms with van der Waals surface area (Å²) in [6.07, 6.45) is 12.8. The molecule has 6 nitrogen and oxygen atoms in total. The minimum absolute atomic E-state index is 0.00555. The topological polar surface area (TPSA) is 82.6 Å². The van der Waals surface area contributed by atoms with Crippen LogP contribution in [0.3, 0.4) is 0 Å². The van der Waals surface area contributed by atoms with Gasteiger partial charge >= 0.3 is 0 Å². The van der Waals surface area contributed by atoms with Gasteiger partial charge in [-0.2, -0.15) is 0 Å². The first-order chi connectivity index (χ1) is 16.7. The fourth-order valence-electron chi connectivity index (χ4n) is 4.80. The summed E-state index contributed by atoms with van der Waals surface area (Å²) < 4.78 is 0. The summed E-state index contributed by atoms with van der Waals surface area (Å²) in [6, 6.07) is 16.8. The summed E-state index contributed by atoms with van der Waals surface area (Å²) in [5.41, 5.74) is 3.16. The van der Waals surface area contributed by atoms with Crippen LogP contribution >= 0.6 is 0 Å². The number of allylic oxidation sites excluding steroid dienone is 1. The molecule has 0 radical (unpaired) electrons. The van der Waals surface area contributed by atoms with Crippen molar-refractivity contribution in [1.29, 1.82) is 0 Å². The van der Waals surface area contributed by atoms with Gasteiger partial charge in [-0.05, 0) is 61.4 Å². The van der Waals surface area contributed by atoms with Gasteiger partial charge in [-0.15, -0.1) is 0 Å².